The number of rotatable bonds is 1. The van der Waals surface area contributed by atoms with Crippen LogP contribution in [-0.2, 0) is 0 Å². The number of hydrogen-bond donors (Lipinski definition) is 3. The molecule has 1 aromatic rings. The second-order valence-electron chi connectivity index (χ2n) is 2.49. The Morgan fingerprint density at radius 2 is 2.43 bits per heavy atom. The minimum atomic E-state index is -0.467. The number of nitrogens with two attached hydrogens (primary N) is 1. The van der Waals surface area contributed by atoms with E-state index in [0.717, 1.165) is 4.90 Å². The highest BCUT2D eigenvalue weighted by atomic mass is 16.2. The third-order valence-electron chi connectivity index (χ3n) is 1.56. The highest BCUT2D eigenvalue weighted by molar-refractivity contribution is 6.13. The molecule has 1 heterocycles. The number of amides is 2. The van der Waals surface area contributed by atoms with E-state index in [0.29, 0.717) is 5.69 Å². The average Bonchev–Trinajstić information content (AvgIpc) is 2.19. The Labute approximate surface area is 81.2 Å². The quantitative estimate of drug-likeness (QED) is 0.436. The fourth-order valence-electron chi connectivity index (χ4n) is 0.964. The van der Waals surface area contributed by atoms with Gasteiger partial charge in [-0.1, -0.05) is 0 Å². The minimum Gasteiger partial charge on any atom is -0.369 e. The van der Waals surface area contributed by atoms with Crippen LogP contribution in [0.15, 0.2) is 24.5 Å². The van der Waals surface area contributed by atoms with E-state index in [1.165, 1.54) is 13.2 Å². The predicted molar refractivity (Wildman–Crippen MR) is 53.1 cm³/mol. The fraction of sp³-hybridized carbons (Fsp3) is 0.125. The molecule has 0 aromatic carbocycles. The molecule has 0 radical (unpaired) electrons. The molecule has 1 aromatic heterocycles. The number of carbonyl (C=O) groups excluding carboxylic acids is 1. The van der Waals surface area contributed by atoms with Crippen LogP contribution in [0.5, 0.6) is 0 Å². The molecule has 0 atom stereocenters. The monoisotopic (exact) mass is 193 g/mol. The van der Waals surface area contributed by atoms with Crippen molar-refractivity contribution < 1.29 is 4.79 Å². The highest BCUT2D eigenvalue weighted by Crippen LogP contribution is 2.10. The number of nitrogens with zero attached hydrogens (tertiary/aromatic N) is 2. The lowest BCUT2D eigenvalue weighted by molar-refractivity contribution is 0.251. The molecule has 0 aliphatic heterocycles. The number of anilines is 1. The van der Waals surface area contributed by atoms with Gasteiger partial charge in [0.05, 0.1) is 11.9 Å². The van der Waals surface area contributed by atoms with Gasteiger partial charge >= 0.3 is 6.03 Å². The van der Waals surface area contributed by atoms with Gasteiger partial charge in [-0.2, -0.15) is 0 Å². The fourth-order valence-corrected chi connectivity index (χ4v) is 0.964. The van der Waals surface area contributed by atoms with Crippen molar-refractivity contribution in [1.82, 2.24) is 10.3 Å². The molecular formula is C8H11N5O. The predicted octanol–water partition coefficient (Wildman–Crippen LogP) is 0.121. The maximum Gasteiger partial charge on any atom is 0.328 e. The molecular weight excluding hydrogens is 182 g/mol. The van der Waals surface area contributed by atoms with Crippen molar-refractivity contribution in [3.63, 3.8) is 0 Å². The summed E-state index contributed by atoms with van der Waals surface area (Å²) in [5.41, 5.74) is 5.72. The molecule has 0 aliphatic rings. The van der Waals surface area contributed by atoms with E-state index in [2.05, 4.69) is 10.3 Å². The summed E-state index contributed by atoms with van der Waals surface area (Å²) in [6.45, 7) is 0. The third kappa shape index (κ3) is 1.98. The van der Waals surface area contributed by atoms with Crippen LogP contribution >= 0.6 is 0 Å². The van der Waals surface area contributed by atoms with Gasteiger partial charge in [-0.3, -0.25) is 10.4 Å². The van der Waals surface area contributed by atoms with Crippen molar-refractivity contribution >= 4 is 17.7 Å². The van der Waals surface area contributed by atoms with E-state index in [4.69, 9.17) is 11.1 Å². The normalized spacial score (nSPS) is 9.21. The standard InChI is InChI=1S/C8H11N5O/c1-11-8(14)13(7(9)10)6-3-2-4-12-5-6/h2-5H,1H3,(H3,9,10)(H,11,14). The summed E-state index contributed by atoms with van der Waals surface area (Å²) < 4.78 is 0. The van der Waals surface area contributed by atoms with Crippen molar-refractivity contribution in [2.45, 2.75) is 0 Å². The van der Waals surface area contributed by atoms with Crippen LogP contribution < -0.4 is 16.0 Å². The summed E-state index contributed by atoms with van der Waals surface area (Å²) in [7, 11) is 1.47. The van der Waals surface area contributed by atoms with Gasteiger partial charge in [0.25, 0.3) is 0 Å². The lowest BCUT2D eigenvalue weighted by Gasteiger charge is -2.19. The maximum absolute atomic E-state index is 11.3. The van der Waals surface area contributed by atoms with Gasteiger partial charge in [0.15, 0.2) is 0 Å². The van der Waals surface area contributed by atoms with Crippen LogP contribution in [-0.4, -0.2) is 24.0 Å². The Balaban J connectivity index is 3.01. The average molecular weight is 193 g/mol. The topological polar surface area (TPSA) is 95.1 Å². The first-order valence-corrected chi connectivity index (χ1v) is 3.92. The molecule has 2 amide bonds. The Morgan fingerprint density at radius 1 is 1.71 bits per heavy atom. The number of aromatic nitrogens is 1. The van der Waals surface area contributed by atoms with Gasteiger partial charge < -0.3 is 11.1 Å². The summed E-state index contributed by atoms with van der Waals surface area (Å²) in [6.07, 6.45) is 3.03. The van der Waals surface area contributed by atoms with E-state index in [1.54, 1.807) is 18.3 Å². The van der Waals surface area contributed by atoms with E-state index >= 15 is 0 Å². The van der Waals surface area contributed by atoms with Gasteiger partial charge in [-0.05, 0) is 12.1 Å². The summed E-state index contributed by atoms with van der Waals surface area (Å²) in [5, 5.41) is 9.62. The molecule has 6 heteroatoms. The molecule has 0 saturated heterocycles. The van der Waals surface area contributed by atoms with Gasteiger partial charge in [0.1, 0.15) is 0 Å². The van der Waals surface area contributed by atoms with Gasteiger partial charge in [-0.15, -0.1) is 0 Å². The third-order valence-corrected chi connectivity index (χ3v) is 1.56. The molecule has 0 spiro atoms. The Morgan fingerprint density at radius 3 is 2.86 bits per heavy atom. The van der Waals surface area contributed by atoms with Crippen LogP contribution in [0.2, 0.25) is 0 Å². The van der Waals surface area contributed by atoms with E-state index in [9.17, 15) is 4.79 Å². The largest absolute Gasteiger partial charge is 0.369 e. The van der Waals surface area contributed by atoms with Gasteiger partial charge in [0.2, 0.25) is 5.96 Å². The lowest BCUT2D eigenvalue weighted by Crippen LogP contribution is -2.46. The Bertz CT molecular complexity index is 337. The van der Waals surface area contributed by atoms with E-state index < -0.39 is 6.03 Å². The van der Waals surface area contributed by atoms with E-state index in [-0.39, 0.29) is 5.96 Å². The van der Waals surface area contributed by atoms with Crippen molar-refractivity contribution in [1.29, 1.82) is 5.41 Å². The smallest absolute Gasteiger partial charge is 0.328 e. The SMILES string of the molecule is CNC(=O)N(C(=N)N)c1cccnc1. The molecule has 4 N–H and O–H groups in total. The van der Waals surface area contributed by atoms with Gasteiger partial charge in [-0.25, -0.2) is 9.69 Å². The number of urea groups is 1. The first-order valence-electron chi connectivity index (χ1n) is 3.92. The maximum atomic E-state index is 11.3. The second-order valence-corrected chi connectivity index (χ2v) is 2.49. The summed E-state index contributed by atoms with van der Waals surface area (Å²) in [4.78, 5) is 16.2. The molecule has 0 saturated carbocycles. The highest BCUT2D eigenvalue weighted by Gasteiger charge is 2.16. The molecule has 1 rings (SSSR count). The van der Waals surface area contributed by atoms with Crippen LogP contribution in [0.1, 0.15) is 0 Å². The van der Waals surface area contributed by atoms with Crippen LogP contribution in [0.4, 0.5) is 10.5 Å². The molecule has 14 heavy (non-hydrogen) atoms. The van der Waals surface area contributed by atoms with Gasteiger partial charge in [0, 0.05) is 13.2 Å². The molecule has 74 valence electrons. The minimum absolute atomic E-state index is 0.350. The van der Waals surface area contributed by atoms with Crippen LogP contribution in [0.3, 0.4) is 0 Å². The molecule has 0 bridgehead atoms. The van der Waals surface area contributed by atoms with Crippen LogP contribution in [0.25, 0.3) is 0 Å². The number of guanidine groups is 1. The molecule has 6 nitrogen and oxygen atoms in total. The summed E-state index contributed by atoms with van der Waals surface area (Å²) in [6, 6.07) is 2.84. The molecule has 0 aliphatic carbocycles. The summed E-state index contributed by atoms with van der Waals surface area (Å²) >= 11 is 0. The number of hydrogen-bond acceptors (Lipinski definition) is 3. The Hall–Kier alpha value is -2.11. The van der Waals surface area contributed by atoms with E-state index in [1.807, 2.05) is 0 Å². The Kier molecular flexibility index (Phi) is 3.01. The lowest BCUT2D eigenvalue weighted by atomic mass is 10.4. The number of nitrogens with one attached hydrogen (secondary N) is 2. The zero-order valence-electron chi connectivity index (χ0n) is 7.69. The van der Waals surface area contributed by atoms with Crippen molar-refractivity contribution in [2.75, 3.05) is 11.9 Å². The zero-order chi connectivity index (χ0) is 10.6. The second kappa shape index (κ2) is 4.22. The van der Waals surface area contributed by atoms with Crippen LogP contribution in [0, 0.1) is 5.41 Å². The van der Waals surface area contributed by atoms with Crippen molar-refractivity contribution in [2.24, 2.45) is 5.73 Å². The molecule has 0 fully saturated rings. The zero-order valence-corrected chi connectivity index (χ0v) is 7.69. The van der Waals surface area contributed by atoms with Crippen molar-refractivity contribution in [3.05, 3.63) is 24.5 Å². The number of carbonyl (C=O) groups is 1. The first-order chi connectivity index (χ1) is 6.66. The summed E-state index contributed by atoms with van der Waals surface area (Å²) in [5.74, 6) is -0.350. The van der Waals surface area contributed by atoms with Crippen molar-refractivity contribution in [3.8, 4) is 0 Å². The first kappa shape index (κ1) is 9.97. The molecule has 0 unspecified atom stereocenters. The number of pyridine rings is 1.